The lowest BCUT2D eigenvalue weighted by Crippen LogP contribution is -2.29. The van der Waals surface area contributed by atoms with E-state index < -0.39 is 0 Å². The Labute approximate surface area is 185 Å². The van der Waals surface area contributed by atoms with Crippen molar-refractivity contribution in [2.24, 2.45) is 5.92 Å². The Kier molecular flexibility index (Phi) is 8.62. The normalized spacial score (nSPS) is 27.0. The summed E-state index contributed by atoms with van der Waals surface area (Å²) in [4.78, 5) is 12.5. The van der Waals surface area contributed by atoms with Crippen LogP contribution in [0.3, 0.4) is 0 Å². The lowest BCUT2D eigenvalue weighted by atomic mass is 9.87. The van der Waals surface area contributed by atoms with Crippen molar-refractivity contribution in [2.45, 2.75) is 82.5 Å². The zero-order chi connectivity index (χ0) is 21.3. The highest BCUT2D eigenvalue weighted by Gasteiger charge is 2.28. The molecule has 6 heteroatoms. The maximum absolute atomic E-state index is 12.5. The predicted molar refractivity (Wildman–Crippen MR) is 116 cm³/mol. The molecule has 0 N–H and O–H groups in total. The minimum absolute atomic E-state index is 0.0294. The molecule has 4 rings (SSSR count). The molecule has 3 fully saturated rings. The predicted octanol–water partition coefficient (Wildman–Crippen LogP) is 4.68. The van der Waals surface area contributed by atoms with E-state index in [1.165, 1.54) is 6.42 Å². The van der Waals surface area contributed by atoms with Gasteiger partial charge in [0.25, 0.3) is 0 Å². The van der Waals surface area contributed by atoms with Crippen LogP contribution in [-0.4, -0.2) is 50.7 Å². The van der Waals surface area contributed by atoms with Gasteiger partial charge in [0.1, 0.15) is 11.5 Å². The Morgan fingerprint density at radius 1 is 0.806 bits per heavy atom. The fourth-order valence-corrected chi connectivity index (χ4v) is 4.13. The minimum atomic E-state index is -0.126. The number of ether oxygens (including phenoxy) is 5. The van der Waals surface area contributed by atoms with Gasteiger partial charge in [0.15, 0.2) is 0 Å². The molecule has 2 heterocycles. The zero-order valence-electron chi connectivity index (χ0n) is 18.5. The van der Waals surface area contributed by atoms with Gasteiger partial charge >= 0.3 is 5.97 Å². The topological polar surface area (TPSA) is 69.8 Å². The van der Waals surface area contributed by atoms with E-state index in [1.54, 1.807) is 0 Å². The van der Waals surface area contributed by atoms with Gasteiger partial charge in [-0.1, -0.05) is 0 Å². The van der Waals surface area contributed by atoms with Crippen LogP contribution in [-0.2, 0) is 19.0 Å². The van der Waals surface area contributed by atoms with Crippen molar-refractivity contribution < 1.29 is 28.5 Å². The highest BCUT2D eigenvalue weighted by Crippen LogP contribution is 2.29. The van der Waals surface area contributed by atoms with Gasteiger partial charge in [0, 0.05) is 6.61 Å². The summed E-state index contributed by atoms with van der Waals surface area (Å²) >= 11 is 0. The molecule has 0 amide bonds. The van der Waals surface area contributed by atoms with Crippen LogP contribution < -0.4 is 9.47 Å². The van der Waals surface area contributed by atoms with Gasteiger partial charge < -0.3 is 23.7 Å². The van der Waals surface area contributed by atoms with Gasteiger partial charge in [0.2, 0.25) is 0 Å². The van der Waals surface area contributed by atoms with Gasteiger partial charge in [0.05, 0.1) is 44.1 Å². The maximum atomic E-state index is 12.5. The summed E-state index contributed by atoms with van der Waals surface area (Å²) in [5, 5.41) is 0. The summed E-state index contributed by atoms with van der Waals surface area (Å²) in [6.07, 6.45) is 11.6. The van der Waals surface area contributed by atoms with Crippen LogP contribution in [0.15, 0.2) is 24.3 Å². The van der Waals surface area contributed by atoms with Crippen LogP contribution in [0.4, 0.5) is 0 Å². The molecule has 6 nitrogen and oxygen atoms in total. The smallest absolute Gasteiger partial charge is 0.314 e. The second-order valence-electron chi connectivity index (χ2n) is 8.99. The van der Waals surface area contributed by atoms with Crippen LogP contribution in [0.1, 0.15) is 64.2 Å². The third-order valence-corrected chi connectivity index (χ3v) is 6.32. The molecular weight excluding hydrogens is 396 g/mol. The molecule has 2 aliphatic heterocycles. The highest BCUT2D eigenvalue weighted by atomic mass is 16.6. The van der Waals surface area contributed by atoms with Crippen molar-refractivity contribution in [3.05, 3.63) is 24.3 Å². The Bertz CT molecular complexity index is 659. The molecule has 31 heavy (non-hydrogen) atoms. The van der Waals surface area contributed by atoms with Crippen molar-refractivity contribution in [3.8, 4) is 11.5 Å². The first-order valence-electron chi connectivity index (χ1n) is 12.1. The first-order valence-corrected chi connectivity index (χ1v) is 12.1. The summed E-state index contributed by atoms with van der Waals surface area (Å²) in [5.41, 5.74) is 0. The summed E-state index contributed by atoms with van der Waals surface area (Å²) in [6.45, 7) is 3.38. The van der Waals surface area contributed by atoms with Crippen LogP contribution in [0.2, 0.25) is 0 Å². The molecule has 2 saturated heterocycles. The molecule has 0 aromatic heterocycles. The number of benzene rings is 1. The number of rotatable bonds is 14. The largest absolute Gasteiger partial charge is 0.494 e. The van der Waals surface area contributed by atoms with Crippen molar-refractivity contribution in [2.75, 3.05) is 26.4 Å². The molecule has 1 aromatic carbocycles. The molecule has 1 unspecified atom stereocenters. The Balaban J connectivity index is 1.06. The molecule has 172 valence electrons. The molecule has 2 atom stereocenters. The van der Waals surface area contributed by atoms with E-state index in [-0.39, 0.29) is 18.0 Å². The fraction of sp³-hybridized carbons (Fsp3) is 0.720. The number of unbranched alkanes of at least 4 members (excludes halogenated alkanes) is 2. The zero-order valence-corrected chi connectivity index (χ0v) is 18.5. The number of carbonyl (C=O) groups excluding carboxylic acids is 1. The van der Waals surface area contributed by atoms with Crippen LogP contribution >= 0.6 is 0 Å². The first-order chi connectivity index (χ1) is 15.3. The SMILES string of the molecule is O=C(Oc1ccc(OCCCCC2CO2)cc1)C1CCC(OCCCC[C@H]2CO2)CC1. The minimum Gasteiger partial charge on any atom is -0.494 e. The van der Waals surface area contributed by atoms with Gasteiger partial charge in [-0.25, -0.2) is 0 Å². The molecule has 0 bridgehead atoms. The molecule has 0 radical (unpaired) electrons. The highest BCUT2D eigenvalue weighted by molar-refractivity contribution is 5.75. The van der Waals surface area contributed by atoms with Crippen LogP contribution in [0.5, 0.6) is 11.5 Å². The molecule has 1 aliphatic carbocycles. The Morgan fingerprint density at radius 3 is 2.00 bits per heavy atom. The number of esters is 1. The summed E-state index contributed by atoms with van der Waals surface area (Å²) in [6, 6.07) is 7.36. The van der Waals surface area contributed by atoms with Crippen molar-refractivity contribution in [3.63, 3.8) is 0 Å². The van der Waals surface area contributed by atoms with Crippen molar-refractivity contribution >= 4 is 5.97 Å². The van der Waals surface area contributed by atoms with E-state index >= 15 is 0 Å². The number of hydrogen-bond acceptors (Lipinski definition) is 6. The van der Waals surface area contributed by atoms with E-state index in [1.807, 2.05) is 24.3 Å². The monoisotopic (exact) mass is 432 g/mol. The standard InChI is InChI=1S/C25H36O6/c26-25(19-7-9-20(10-8-19)27-15-3-1-5-23-17-29-23)31-22-13-11-21(12-14-22)28-16-4-2-6-24-18-30-24/h11-14,19-20,23-24H,1-10,15-18H2/t19?,20?,23-,24?/m0/s1. The van der Waals surface area contributed by atoms with E-state index in [2.05, 4.69) is 0 Å². The van der Waals surface area contributed by atoms with Crippen molar-refractivity contribution in [1.82, 2.24) is 0 Å². The van der Waals surface area contributed by atoms with Gasteiger partial charge in [-0.05, 0) is 88.5 Å². The lowest BCUT2D eigenvalue weighted by molar-refractivity contribution is -0.141. The summed E-state index contributed by atoms with van der Waals surface area (Å²) < 4.78 is 27.8. The third kappa shape index (κ3) is 8.43. The van der Waals surface area contributed by atoms with E-state index in [9.17, 15) is 4.79 Å². The number of hydrogen-bond donors (Lipinski definition) is 0. The number of carbonyl (C=O) groups is 1. The second kappa shape index (κ2) is 11.8. The third-order valence-electron chi connectivity index (χ3n) is 6.32. The fourth-order valence-electron chi connectivity index (χ4n) is 4.13. The average Bonchev–Trinajstić information content (AvgIpc) is 3.70. The average molecular weight is 433 g/mol. The Morgan fingerprint density at radius 2 is 1.39 bits per heavy atom. The van der Waals surface area contributed by atoms with E-state index in [0.717, 1.165) is 83.4 Å². The molecular formula is C25H36O6. The Hall–Kier alpha value is -1.63. The quantitative estimate of drug-likeness (QED) is 0.184. The van der Waals surface area contributed by atoms with Crippen LogP contribution in [0, 0.1) is 5.92 Å². The second-order valence-corrected chi connectivity index (χ2v) is 8.99. The lowest BCUT2D eigenvalue weighted by Gasteiger charge is -2.27. The van der Waals surface area contributed by atoms with E-state index in [4.69, 9.17) is 23.7 Å². The molecule has 1 saturated carbocycles. The summed E-state index contributed by atoms with van der Waals surface area (Å²) in [5.74, 6) is 1.24. The molecule has 3 aliphatic rings. The molecule has 0 spiro atoms. The number of epoxide rings is 2. The summed E-state index contributed by atoms with van der Waals surface area (Å²) in [7, 11) is 0. The van der Waals surface area contributed by atoms with Crippen LogP contribution in [0.25, 0.3) is 0 Å². The van der Waals surface area contributed by atoms with E-state index in [0.29, 0.717) is 24.6 Å². The van der Waals surface area contributed by atoms with Gasteiger partial charge in [-0.3, -0.25) is 4.79 Å². The van der Waals surface area contributed by atoms with Gasteiger partial charge in [-0.2, -0.15) is 0 Å². The molecule has 1 aromatic rings. The first kappa shape index (κ1) is 22.6. The van der Waals surface area contributed by atoms with Crippen molar-refractivity contribution in [1.29, 1.82) is 0 Å². The maximum Gasteiger partial charge on any atom is 0.314 e. The van der Waals surface area contributed by atoms with Gasteiger partial charge in [-0.15, -0.1) is 0 Å².